The molecule has 146 valence electrons. The summed E-state index contributed by atoms with van der Waals surface area (Å²) in [6.45, 7) is 3.32. The molecule has 1 aromatic carbocycles. The summed E-state index contributed by atoms with van der Waals surface area (Å²) >= 11 is 0. The molecule has 0 spiro atoms. The molecule has 3 aromatic heterocycles. The van der Waals surface area contributed by atoms with Gasteiger partial charge in [0, 0.05) is 17.7 Å². The van der Waals surface area contributed by atoms with Crippen molar-refractivity contribution in [3.8, 4) is 22.8 Å². The molecule has 3 heterocycles. The van der Waals surface area contributed by atoms with Crippen LogP contribution >= 0.6 is 0 Å². The largest absolute Gasteiger partial charge is 0.463 e. The Labute approximate surface area is 164 Å². The van der Waals surface area contributed by atoms with E-state index in [0.29, 0.717) is 28.5 Å². The van der Waals surface area contributed by atoms with E-state index in [9.17, 15) is 14.0 Å². The van der Waals surface area contributed by atoms with E-state index >= 15 is 0 Å². The third kappa shape index (κ3) is 3.52. The smallest absolute Gasteiger partial charge is 0.268 e. The highest BCUT2D eigenvalue weighted by Crippen LogP contribution is 2.30. The lowest BCUT2D eigenvalue weighted by Gasteiger charge is -2.15. The van der Waals surface area contributed by atoms with E-state index in [1.54, 1.807) is 32.0 Å². The molecule has 4 aromatic rings. The molecule has 0 aliphatic carbocycles. The zero-order valence-corrected chi connectivity index (χ0v) is 15.6. The second kappa shape index (κ2) is 7.31. The topological polar surface area (TPSA) is 91.1 Å². The number of furan rings is 1. The molecule has 0 aliphatic heterocycles. The van der Waals surface area contributed by atoms with Gasteiger partial charge in [0.1, 0.15) is 17.6 Å². The van der Waals surface area contributed by atoms with Gasteiger partial charge >= 0.3 is 0 Å². The van der Waals surface area contributed by atoms with Crippen molar-refractivity contribution in [3.63, 3.8) is 0 Å². The van der Waals surface area contributed by atoms with E-state index in [-0.39, 0.29) is 11.3 Å². The fraction of sp³-hybridized carbons (Fsp3) is 0.143. The quantitative estimate of drug-likeness (QED) is 0.475. The van der Waals surface area contributed by atoms with Crippen molar-refractivity contribution >= 4 is 5.78 Å². The Morgan fingerprint density at radius 1 is 1.14 bits per heavy atom. The molecule has 0 radical (unpaired) electrons. The van der Waals surface area contributed by atoms with Crippen molar-refractivity contribution in [2.45, 2.75) is 19.9 Å². The zero-order chi connectivity index (χ0) is 20.5. The molecule has 0 saturated carbocycles. The van der Waals surface area contributed by atoms with Gasteiger partial charge in [0.2, 0.25) is 0 Å². The number of nitrogens with zero attached hydrogens (tertiary/aromatic N) is 3. The molecular weight excluding hydrogens is 377 g/mol. The third-order valence-electron chi connectivity index (χ3n) is 4.48. The molecule has 0 unspecified atom stereocenters. The molecule has 0 N–H and O–H groups in total. The van der Waals surface area contributed by atoms with Crippen LogP contribution in [0.4, 0.5) is 4.39 Å². The summed E-state index contributed by atoms with van der Waals surface area (Å²) in [6.07, 6.45) is 1.48. The van der Waals surface area contributed by atoms with E-state index in [2.05, 4.69) is 10.3 Å². The van der Waals surface area contributed by atoms with Crippen molar-refractivity contribution in [3.05, 3.63) is 82.2 Å². The van der Waals surface area contributed by atoms with Crippen LogP contribution in [0.15, 0.2) is 68.5 Å². The van der Waals surface area contributed by atoms with Crippen LogP contribution in [0.1, 0.15) is 29.0 Å². The number of hydrogen-bond acceptors (Lipinski definition) is 6. The molecule has 0 fully saturated rings. The van der Waals surface area contributed by atoms with Crippen LogP contribution in [0.5, 0.6) is 0 Å². The number of carbonyl (C=O) groups is 1. The Morgan fingerprint density at radius 3 is 2.52 bits per heavy atom. The lowest BCUT2D eigenvalue weighted by atomic mass is 10.1. The summed E-state index contributed by atoms with van der Waals surface area (Å²) < 4.78 is 25.0. The molecule has 1 atom stereocenters. The maximum Gasteiger partial charge on any atom is 0.268 e. The van der Waals surface area contributed by atoms with E-state index in [0.717, 1.165) is 4.68 Å². The summed E-state index contributed by atoms with van der Waals surface area (Å²) in [5.74, 6) is -0.0445. The van der Waals surface area contributed by atoms with E-state index in [1.165, 1.54) is 36.6 Å². The number of ketones is 1. The summed E-state index contributed by atoms with van der Waals surface area (Å²) in [5.41, 5.74) is 1.18. The molecule has 4 rings (SSSR count). The molecule has 7 nitrogen and oxygen atoms in total. The van der Waals surface area contributed by atoms with E-state index < -0.39 is 17.4 Å². The third-order valence-corrected chi connectivity index (χ3v) is 4.48. The predicted octanol–water partition coefficient (Wildman–Crippen LogP) is 4.05. The highest BCUT2D eigenvalue weighted by Gasteiger charge is 2.24. The first-order valence-electron chi connectivity index (χ1n) is 8.85. The Hall–Kier alpha value is -3.81. The van der Waals surface area contributed by atoms with Gasteiger partial charge in [0.05, 0.1) is 17.5 Å². The highest BCUT2D eigenvalue weighted by molar-refractivity contribution is 5.98. The summed E-state index contributed by atoms with van der Waals surface area (Å²) in [7, 11) is 0. The predicted molar refractivity (Wildman–Crippen MR) is 102 cm³/mol. The molecule has 0 amide bonds. The zero-order valence-electron chi connectivity index (χ0n) is 15.6. The van der Waals surface area contributed by atoms with E-state index in [1.807, 2.05) is 0 Å². The fourth-order valence-electron chi connectivity index (χ4n) is 2.99. The van der Waals surface area contributed by atoms with Gasteiger partial charge in [-0.25, -0.2) is 9.07 Å². The highest BCUT2D eigenvalue weighted by atomic mass is 19.1. The minimum atomic E-state index is -0.910. The van der Waals surface area contributed by atoms with Gasteiger partial charge in [0.25, 0.3) is 5.56 Å². The van der Waals surface area contributed by atoms with Crippen molar-refractivity contribution in [1.29, 1.82) is 0 Å². The van der Waals surface area contributed by atoms with Crippen LogP contribution in [0.3, 0.4) is 0 Å². The van der Waals surface area contributed by atoms with Gasteiger partial charge in [-0.1, -0.05) is 5.16 Å². The molecule has 29 heavy (non-hydrogen) atoms. The summed E-state index contributed by atoms with van der Waals surface area (Å²) in [5, 5.41) is 8.24. The molecule has 8 heteroatoms. The molecule has 0 saturated heterocycles. The number of benzene rings is 1. The average Bonchev–Trinajstić information content (AvgIpc) is 3.39. The van der Waals surface area contributed by atoms with Gasteiger partial charge < -0.3 is 8.94 Å². The fourth-order valence-corrected chi connectivity index (χ4v) is 2.99. The number of Topliss-reactive ketones (excluding diaryl/α,β-unsaturated/α-hetero) is 1. The number of aryl methyl sites for hydroxylation is 1. The molecular formula is C21H16FN3O4. The second-order valence-electron chi connectivity index (χ2n) is 6.55. The number of halogens is 1. The summed E-state index contributed by atoms with van der Waals surface area (Å²) in [6, 6.07) is 10.6. The normalized spacial score (nSPS) is 12.1. The van der Waals surface area contributed by atoms with Crippen LogP contribution in [0, 0.1) is 12.7 Å². The van der Waals surface area contributed by atoms with Gasteiger partial charge in [-0.15, -0.1) is 0 Å². The van der Waals surface area contributed by atoms with Crippen LogP contribution in [0.25, 0.3) is 22.8 Å². The maximum absolute atomic E-state index is 13.2. The summed E-state index contributed by atoms with van der Waals surface area (Å²) in [4.78, 5) is 25.6. The number of carbonyl (C=O) groups excluding carboxylic acids is 1. The van der Waals surface area contributed by atoms with E-state index in [4.69, 9.17) is 8.94 Å². The van der Waals surface area contributed by atoms with Gasteiger partial charge in [-0.05, 0) is 50.2 Å². The first-order chi connectivity index (χ1) is 13.9. The standard InChI is InChI=1S/C21H16FN3O4/c1-12-10-18(29-24-12)16-11-19(26)25(23-20(16)17-4-3-9-28-17)13(2)21(27)14-5-7-15(22)8-6-14/h3-11,13H,1-2H3/t13-/m1/s1. The maximum atomic E-state index is 13.2. The average molecular weight is 393 g/mol. The molecule has 0 bridgehead atoms. The van der Waals surface area contributed by atoms with Crippen molar-refractivity contribution in [1.82, 2.24) is 14.9 Å². The Kier molecular flexibility index (Phi) is 4.67. The van der Waals surface area contributed by atoms with Crippen LogP contribution in [-0.2, 0) is 0 Å². The monoisotopic (exact) mass is 393 g/mol. The lowest BCUT2D eigenvalue weighted by molar-refractivity contribution is 0.0925. The van der Waals surface area contributed by atoms with Crippen LogP contribution in [-0.4, -0.2) is 20.7 Å². The van der Waals surface area contributed by atoms with Crippen molar-refractivity contribution in [2.75, 3.05) is 0 Å². The second-order valence-corrected chi connectivity index (χ2v) is 6.55. The number of aromatic nitrogens is 3. The van der Waals surface area contributed by atoms with Crippen molar-refractivity contribution in [2.24, 2.45) is 0 Å². The Bertz CT molecular complexity index is 1220. The van der Waals surface area contributed by atoms with Crippen molar-refractivity contribution < 1.29 is 18.1 Å². The van der Waals surface area contributed by atoms with Gasteiger partial charge in [-0.3, -0.25) is 9.59 Å². The van der Waals surface area contributed by atoms with Gasteiger partial charge in [0.15, 0.2) is 17.3 Å². The SMILES string of the molecule is Cc1cc(-c2cc(=O)n([C@H](C)C(=O)c3ccc(F)cc3)nc2-c2ccco2)on1. The Morgan fingerprint density at radius 2 is 1.90 bits per heavy atom. The van der Waals surface area contributed by atoms with Crippen LogP contribution < -0.4 is 5.56 Å². The Balaban J connectivity index is 1.82. The molecule has 0 aliphatic rings. The van der Waals surface area contributed by atoms with Crippen LogP contribution in [0.2, 0.25) is 0 Å². The first-order valence-corrected chi connectivity index (χ1v) is 8.85. The first kappa shape index (κ1) is 18.5. The lowest BCUT2D eigenvalue weighted by Crippen LogP contribution is -2.30. The minimum Gasteiger partial charge on any atom is -0.463 e. The van der Waals surface area contributed by atoms with Gasteiger partial charge in [-0.2, -0.15) is 5.10 Å². The number of rotatable bonds is 5. The minimum absolute atomic E-state index is 0.280. The number of hydrogen-bond donors (Lipinski definition) is 0.